The number of rotatable bonds is 7. The molecular weight excluding hydrogens is 240 g/mol. The first kappa shape index (κ1) is 13.6. The highest BCUT2D eigenvalue weighted by Gasteiger charge is 2.09. The first-order valence-corrected chi connectivity index (χ1v) is 6.22. The van der Waals surface area contributed by atoms with E-state index in [9.17, 15) is 9.59 Å². The Kier molecular flexibility index (Phi) is 5.58. The number of amides is 2. The van der Waals surface area contributed by atoms with E-state index < -0.39 is 0 Å². The van der Waals surface area contributed by atoms with E-state index in [0.29, 0.717) is 31.6 Å². The fourth-order valence-corrected chi connectivity index (χ4v) is 2.00. The summed E-state index contributed by atoms with van der Waals surface area (Å²) in [4.78, 5) is 26.2. The van der Waals surface area contributed by atoms with Crippen molar-refractivity contribution >= 4 is 23.2 Å². The van der Waals surface area contributed by atoms with Gasteiger partial charge in [0.2, 0.25) is 5.91 Å². The molecule has 1 aromatic heterocycles. The third kappa shape index (κ3) is 4.92. The summed E-state index contributed by atoms with van der Waals surface area (Å²) in [5, 5.41) is 5.24. The van der Waals surface area contributed by atoms with Gasteiger partial charge in [0.15, 0.2) is 0 Å². The summed E-state index contributed by atoms with van der Waals surface area (Å²) in [6.45, 7) is 0.943. The second kappa shape index (κ2) is 6.97. The Bertz CT molecular complexity index is 391. The zero-order chi connectivity index (χ0) is 12.7. The highest BCUT2D eigenvalue weighted by atomic mass is 32.1. The smallest absolute Gasteiger partial charge is 0.270 e. The molecule has 0 fully saturated rings. The molecule has 0 aliphatic carbocycles. The number of nitrogens with two attached hydrogens (primary N) is 2. The van der Waals surface area contributed by atoms with Gasteiger partial charge in [0.1, 0.15) is 5.69 Å². The molecule has 0 atom stereocenters. The average molecular weight is 256 g/mol. The number of carbonyl (C=O) groups excluding carboxylic acids is 2. The molecule has 0 radical (unpaired) electrons. The number of carbonyl (C=O) groups is 2. The van der Waals surface area contributed by atoms with Crippen LogP contribution in [0, 0.1) is 0 Å². The maximum Gasteiger partial charge on any atom is 0.270 e. The van der Waals surface area contributed by atoms with Crippen LogP contribution in [0.3, 0.4) is 0 Å². The molecule has 17 heavy (non-hydrogen) atoms. The molecule has 0 spiro atoms. The van der Waals surface area contributed by atoms with Gasteiger partial charge in [-0.3, -0.25) is 9.59 Å². The van der Waals surface area contributed by atoms with Gasteiger partial charge in [0.05, 0.1) is 5.01 Å². The van der Waals surface area contributed by atoms with E-state index in [1.807, 2.05) is 0 Å². The molecule has 0 aliphatic rings. The van der Waals surface area contributed by atoms with Gasteiger partial charge in [-0.05, 0) is 13.0 Å². The topological polar surface area (TPSA) is 111 Å². The first-order valence-electron chi connectivity index (χ1n) is 5.34. The molecule has 0 bridgehead atoms. The van der Waals surface area contributed by atoms with Crippen LogP contribution in [0.15, 0.2) is 5.38 Å². The van der Waals surface area contributed by atoms with Crippen LogP contribution in [0.5, 0.6) is 0 Å². The van der Waals surface area contributed by atoms with Crippen LogP contribution >= 0.6 is 11.3 Å². The Labute approximate surface area is 103 Å². The first-order chi connectivity index (χ1) is 8.13. The second-order valence-electron chi connectivity index (χ2n) is 3.49. The molecule has 0 aliphatic heterocycles. The number of nitrogens with one attached hydrogen (secondary N) is 1. The standard InChI is InChI=1S/C10H16N4O2S/c11-4-3-9-14-7(6-17-9)10(16)13-5-1-2-8(12)15/h6H,1-5,11H2,(H2,12,15)(H,13,16). The van der Waals surface area contributed by atoms with Crippen molar-refractivity contribution in [3.8, 4) is 0 Å². The highest BCUT2D eigenvalue weighted by molar-refractivity contribution is 7.09. The summed E-state index contributed by atoms with van der Waals surface area (Å²) >= 11 is 1.42. The second-order valence-corrected chi connectivity index (χ2v) is 4.43. The molecule has 0 saturated heterocycles. The maximum atomic E-state index is 11.6. The van der Waals surface area contributed by atoms with E-state index in [0.717, 1.165) is 5.01 Å². The largest absolute Gasteiger partial charge is 0.370 e. The lowest BCUT2D eigenvalue weighted by Gasteiger charge is -2.01. The molecule has 1 heterocycles. The Hall–Kier alpha value is -1.47. The van der Waals surface area contributed by atoms with Crippen LogP contribution in [0.4, 0.5) is 0 Å². The van der Waals surface area contributed by atoms with Gasteiger partial charge in [0, 0.05) is 24.8 Å². The molecule has 94 valence electrons. The van der Waals surface area contributed by atoms with Gasteiger partial charge in [-0.25, -0.2) is 4.98 Å². The van der Waals surface area contributed by atoms with Crippen molar-refractivity contribution in [2.24, 2.45) is 11.5 Å². The van der Waals surface area contributed by atoms with E-state index in [-0.39, 0.29) is 18.2 Å². The molecule has 5 N–H and O–H groups in total. The lowest BCUT2D eigenvalue weighted by molar-refractivity contribution is -0.118. The fraction of sp³-hybridized carbons (Fsp3) is 0.500. The van der Waals surface area contributed by atoms with Crippen molar-refractivity contribution in [3.05, 3.63) is 16.1 Å². The van der Waals surface area contributed by atoms with E-state index >= 15 is 0 Å². The number of nitrogens with zero attached hydrogens (tertiary/aromatic N) is 1. The van der Waals surface area contributed by atoms with E-state index in [1.165, 1.54) is 11.3 Å². The summed E-state index contributed by atoms with van der Waals surface area (Å²) in [6.07, 6.45) is 1.50. The predicted octanol–water partition coefficient (Wildman–Crippen LogP) is -0.360. The van der Waals surface area contributed by atoms with Crippen LogP contribution in [-0.4, -0.2) is 29.9 Å². The third-order valence-corrected chi connectivity index (χ3v) is 2.94. The molecule has 1 aromatic rings. The molecular formula is C10H16N4O2S. The predicted molar refractivity (Wildman–Crippen MR) is 65.6 cm³/mol. The molecule has 0 unspecified atom stereocenters. The normalized spacial score (nSPS) is 10.2. The minimum Gasteiger partial charge on any atom is -0.370 e. The van der Waals surface area contributed by atoms with Crippen LogP contribution in [-0.2, 0) is 11.2 Å². The molecule has 0 aromatic carbocycles. The Morgan fingerprint density at radius 2 is 2.24 bits per heavy atom. The monoisotopic (exact) mass is 256 g/mol. The van der Waals surface area contributed by atoms with Gasteiger partial charge < -0.3 is 16.8 Å². The number of hydrogen-bond acceptors (Lipinski definition) is 5. The van der Waals surface area contributed by atoms with Gasteiger partial charge in [0.25, 0.3) is 5.91 Å². The van der Waals surface area contributed by atoms with Crippen molar-refractivity contribution < 1.29 is 9.59 Å². The van der Waals surface area contributed by atoms with Crippen LogP contribution in [0.25, 0.3) is 0 Å². The molecule has 0 saturated carbocycles. The van der Waals surface area contributed by atoms with E-state index in [4.69, 9.17) is 11.5 Å². The fourth-order valence-electron chi connectivity index (χ4n) is 1.21. The average Bonchev–Trinajstić information content (AvgIpc) is 2.73. The van der Waals surface area contributed by atoms with Gasteiger partial charge in [-0.1, -0.05) is 0 Å². The van der Waals surface area contributed by atoms with Gasteiger partial charge >= 0.3 is 0 Å². The Morgan fingerprint density at radius 3 is 2.88 bits per heavy atom. The number of hydrogen-bond donors (Lipinski definition) is 3. The summed E-state index contributed by atoms with van der Waals surface area (Å²) in [7, 11) is 0. The Morgan fingerprint density at radius 1 is 1.47 bits per heavy atom. The van der Waals surface area contributed by atoms with Crippen LogP contribution < -0.4 is 16.8 Å². The number of thiazole rings is 1. The number of aromatic nitrogens is 1. The highest BCUT2D eigenvalue weighted by Crippen LogP contribution is 2.09. The van der Waals surface area contributed by atoms with Crippen LogP contribution in [0.2, 0.25) is 0 Å². The lowest BCUT2D eigenvalue weighted by atomic mass is 10.3. The third-order valence-electron chi connectivity index (χ3n) is 2.03. The summed E-state index contributed by atoms with van der Waals surface area (Å²) in [5.41, 5.74) is 10.8. The van der Waals surface area contributed by atoms with Crippen molar-refractivity contribution in [1.82, 2.24) is 10.3 Å². The molecule has 6 nitrogen and oxygen atoms in total. The van der Waals surface area contributed by atoms with Crippen molar-refractivity contribution in [1.29, 1.82) is 0 Å². The Balaban J connectivity index is 2.33. The van der Waals surface area contributed by atoms with E-state index in [1.54, 1.807) is 5.38 Å². The number of primary amides is 1. The van der Waals surface area contributed by atoms with Gasteiger partial charge in [-0.15, -0.1) is 11.3 Å². The lowest BCUT2D eigenvalue weighted by Crippen LogP contribution is -2.25. The minimum atomic E-state index is -0.363. The quantitative estimate of drug-likeness (QED) is 0.578. The maximum absolute atomic E-state index is 11.6. The molecule has 1 rings (SSSR count). The zero-order valence-corrected chi connectivity index (χ0v) is 10.3. The van der Waals surface area contributed by atoms with Crippen molar-refractivity contribution in [3.63, 3.8) is 0 Å². The summed E-state index contributed by atoms with van der Waals surface area (Å²) < 4.78 is 0. The van der Waals surface area contributed by atoms with Crippen molar-refractivity contribution in [2.45, 2.75) is 19.3 Å². The SMILES string of the molecule is NCCc1nc(C(=O)NCCCC(N)=O)cs1. The molecule has 7 heteroatoms. The van der Waals surface area contributed by atoms with Gasteiger partial charge in [-0.2, -0.15) is 0 Å². The molecule has 2 amide bonds. The van der Waals surface area contributed by atoms with Crippen molar-refractivity contribution in [2.75, 3.05) is 13.1 Å². The van der Waals surface area contributed by atoms with E-state index in [2.05, 4.69) is 10.3 Å². The van der Waals surface area contributed by atoms with Crippen LogP contribution in [0.1, 0.15) is 28.3 Å². The minimum absolute atomic E-state index is 0.228. The zero-order valence-electron chi connectivity index (χ0n) is 9.44. The summed E-state index contributed by atoms with van der Waals surface area (Å²) in [5.74, 6) is -0.591. The summed E-state index contributed by atoms with van der Waals surface area (Å²) in [6, 6.07) is 0.